The number of nitrogens with one attached hydrogen (secondary N) is 2. The molecule has 0 aliphatic heterocycles. The van der Waals surface area contributed by atoms with Crippen LogP contribution in [0, 0.1) is 5.92 Å². The quantitative estimate of drug-likeness (QED) is 0.556. The van der Waals surface area contributed by atoms with Crippen molar-refractivity contribution in [3.63, 3.8) is 0 Å². The second-order valence-electron chi connectivity index (χ2n) is 7.16. The van der Waals surface area contributed by atoms with Gasteiger partial charge >= 0.3 is 12.1 Å². The molecule has 0 fully saturated rings. The van der Waals surface area contributed by atoms with Crippen molar-refractivity contribution in [2.45, 2.75) is 45.4 Å². The maximum Gasteiger partial charge on any atom is 0.408 e. The number of ether oxygens (including phenoxy) is 1. The van der Waals surface area contributed by atoms with Gasteiger partial charge in [0.1, 0.15) is 18.7 Å². The van der Waals surface area contributed by atoms with E-state index in [2.05, 4.69) is 10.6 Å². The highest BCUT2D eigenvalue weighted by Gasteiger charge is 2.30. The fourth-order valence-corrected chi connectivity index (χ4v) is 2.91. The van der Waals surface area contributed by atoms with E-state index in [-0.39, 0.29) is 18.9 Å². The standard InChI is InChI=1S/C23H28N2O5/c1-3-16(2)20(25-23(29)30-15-18-12-8-5-9-13-18)21(26)24-19(22(27)28)14-17-10-6-4-7-11-17/h4-13,16,19-20H,3,14-15H2,1-2H3,(H,24,26)(H,25,29)(H,27,28)/t16?,19-,20?/m0/s1. The Morgan fingerprint density at radius 1 is 0.933 bits per heavy atom. The Hall–Kier alpha value is -3.35. The van der Waals surface area contributed by atoms with Gasteiger partial charge in [0.15, 0.2) is 0 Å². The summed E-state index contributed by atoms with van der Waals surface area (Å²) in [5, 5.41) is 14.7. The second kappa shape index (κ2) is 11.6. The highest BCUT2D eigenvalue weighted by molar-refractivity contribution is 5.89. The minimum absolute atomic E-state index is 0.0767. The highest BCUT2D eigenvalue weighted by atomic mass is 16.5. The lowest BCUT2D eigenvalue weighted by atomic mass is 9.97. The molecule has 2 rings (SSSR count). The van der Waals surface area contributed by atoms with E-state index in [9.17, 15) is 19.5 Å². The van der Waals surface area contributed by atoms with Gasteiger partial charge in [-0.3, -0.25) is 4.79 Å². The first-order valence-corrected chi connectivity index (χ1v) is 9.95. The average Bonchev–Trinajstić information content (AvgIpc) is 2.76. The van der Waals surface area contributed by atoms with Crippen molar-refractivity contribution in [1.82, 2.24) is 10.6 Å². The molecule has 0 spiro atoms. The van der Waals surface area contributed by atoms with Crippen LogP contribution in [-0.4, -0.2) is 35.2 Å². The number of carboxylic acids is 1. The van der Waals surface area contributed by atoms with Crippen LogP contribution >= 0.6 is 0 Å². The van der Waals surface area contributed by atoms with E-state index >= 15 is 0 Å². The summed E-state index contributed by atoms with van der Waals surface area (Å²) in [7, 11) is 0. The van der Waals surface area contributed by atoms with Gasteiger partial charge in [0.25, 0.3) is 0 Å². The van der Waals surface area contributed by atoms with Crippen molar-refractivity contribution < 1.29 is 24.2 Å². The van der Waals surface area contributed by atoms with Gasteiger partial charge in [0, 0.05) is 6.42 Å². The molecule has 0 saturated heterocycles. The molecule has 2 aromatic carbocycles. The summed E-state index contributed by atoms with van der Waals surface area (Å²) in [6.07, 6.45) is 0.0374. The molecule has 7 heteroatoms. The van der Waals surface area contributed by atoms with Gasteiger partial charge in [-0.25, -0.2) is 9.59 Å². The molecule has 30 heavy (non-hydrogen) atoms. The first-order chi connectivity index (χ1) is 14.4. The molecule has 0 saturated carbocycles. The third kappa shape index (κ3) is 7.24. The Morgan fingerprint density at radius 2 is 1.50 bits per heavy atom. The highest BCUT2D eigenvalue weighted by Crippen LogP contribution is 2.11. The first-order valence-electron chi connectivity index (χ1n) is 9.95. The molecule has 0 aromatic heterocycles. The van der Waals surface area contributed by atoms with Gasteiger partial charge in [-0.05, 0) is 17.0 Å². The first kappa shape index (κ1) is 22.9. The third-order valence-electron chi connectivity index (χ3n) is 4.88. The monoisotopic (exact) mass is 412 g/mol. The summed E-state index contributed by atoms with van der Waals surface area (Å²) in [4.78, 5) is 36.7. The number of alkyl carbamates (subject to hydrolysis) is 1. The lowest BCUT2D eigenvalue weighted by Gasteiger charge is -2.25. The Labute approximate surface area is 176 Å². The molecule has 0 bridgehead atoms. The lowest BCUT2D eigenvalue weighted by Crippen LogP contribution is -2.54. The van der Waals surface area contributed by atoms with E-state index in [4.69, 9.17) is 4.74 Å². The van der Waals surface area contributed by atoms with Crippen LogP contribution in [0.2, 0.25) is 0 Å². The third-order valence-corrected chi connectivity index (χ3v) is 4.88. The number of amides is 2. The van der Waals surface area contributed by atoms with Crippen molar-refractivity contribution in [1.29, 1.82) is 0 Å². The van der Waals surface area contributed by atoms with Crippen LogP contribution in [0.3, 0.4) is 0 Å². The molecule has 0 heterocycles. The van der Waals surface area contributed by atoms with Crippen LogP contribution in [0.4, 0.5) is 4.79 Å². The van der Waals surface area contributed by atoms with Crippen LogP contribution < -0.4 is 10.6 Å². The summed E-state index contributed by atoms with van der Waals surface area (Å²) in [5.41, 5.74) is 1.62. The molecule has 3 atom stereocenters. The van der Waals surface area contributed by atoms with Gasteiger partial charge in [-0.1, -0.05) is 80.9 Å². The number of rotatable bonds is 10. The SMILES string of the molecule is CCC(C)C(NC(=O)OCc1ccccc1)C(=O)N[C@@H](Cc1ccccc1)C(=O)O. The molecule has 0 aliphatic carbocycles. The van der Waals surface area contributed by atoms with Gasteiger partial charge in [0.2, 0.25) is 5.91 Å². The number of hydrogen-bond donors (Lipinski definition) is 3. The van der Waals surface area contributed by atoms with Crippen molar-refractivity contribution in [3.8, 4) is 0 Å². The normalized spacial score (nSPS) is 13.5. The lowest BCUT2D eigenvalue weighted by molar-refractivity contribution is -0.142. The predicted molar refractivity (Wildman–Crippen MR) is 113 cm³/mol. The average molecular weight is 412 g/mol. The Morgan fingerprint density at radius 3 is 2.03 bits per heavy atom. The van der Waals surface area contributed by atoms with Crippen molar-refractivity contribution >= 4 is 18.0 Å². The van der Waals surface area contributed by atoms with Gasteiger partial charge in [-0.2, -0.15) is 0 Å². The molecule has 7 nitrogen and oxygen atoms in total. The molecule has 2 aromatic rings. The zero-order chi connectivity index (χ0) is 21.9. The van der Waals surface area contributed by atoms with E-state index < -0.39 is 30.1 Å². The Balaban J connectivity index is 2.00. The maximum atomic E-state index is 12.8. The summed E-state index contributed by atoms with van der Waals surface area (Å²) in [6.45, 7) is 3.78. The van der Waals surface area contributed by atoms with Crippen LogP contribution in [0.5, 0.6) is 0 Å². The molecule has 2 unspecified atom stereocenters. The summed E-state index contributed by atoms with van der Waals surface area (Å²) >= 11 is 0. The Bertz CT molecular complexity index is 826. The van der Waals surface area contributed by atoms with Crippen LogP contribution in [0.1, 0.15) is 31.4 Å². The zero-order valence-corrected chi connectivity index (χ0v) is 17.2. The fourth-order valence-electron chi connectivity index (χ4n) is 2.91. The molecule has 0 radical (unpaired) electrons. The largest absolute Gasteiger partial charge is 0.480 e. The minimum Gasteiger partial charge on any atom is -0.480 e. The number of aliphatic carboxylic acids is 1. The topological polar surface area (TPSA) is 105 Å². The second-order valence-corrected chi connectivity index (χ2v) is 7.16. The van der Waals surface area contributed by atoms with Gasteiger partial charge < -0.3 is 20.5 Å². The molecule has 2 amide bonds. The number of benzene rings is 2. The fraction of sp³-hybridized carbons (Fsp3) is 0.348. The van der Waals surface area contributed by atoms with Crippen LogP contribution in [-0.2, 0) is 27.4 Å². The van der Waals surface area contributed by atoms with Crippen molar-refractivity contribution in [2.24, 2.45) is 5.92 Å². The van der Waals surface area contributed by atoms with E-state index in [1.807, 2.05) is 62.4 Å². The number of carbonyl (C=O) groups excluding carboxylic acids is 2. The summed E-state index contributed by atoms with van der Waals surface area (Å²) in [6, 6.07) is 16.2. The summed E-state index contributed by atoms with van der Waals surface area (Å²) in [5.74, 6) is -1.90. The summed E-state index contributed by atoms with van der Waals surface area (Å²) < 4.78 is 5.21. The zero-order valence-electron chi connectivity index (χ0n) is 17.2. The molecule has 3 N–H and O–H groups in total. The van der Waals surface area contributed by atoms with E-state index in [1.54, 1.807) is 12.1 Å². The van der Waals surface area contributed by atoms with Crippen molar-refractivity contribution in [2.75, 3.05) is 0 Å². The molecule has 0 aliphatic rings. The van der Waals surface area contributed by atoms with Gasteiger partial charge in [0.05, 0.1) is 0 Å². The van der Waals surface area contributed by atoms with Gasteiger partial charge in [-0.15, -0.1) is 0 Å². The smallest absolute Gasteiger partial charge is 0.408 e. The van der Waals surface area contributed by atoms with E-state index in [1.165, 1.54) is 0 Å². The van der Waals surface area contributed by atoms with E-state index in [0.717, 1.165) is 11.1 Å². The van der Waals surface area contributed by atoms with Crippen LogP contribution in [0.15, 0.2) is 60.7 Å². The Kier molecular flexibility index (Phi) is 8.87. The number of hydrogen-bond acceptors (Lipinski definition) is 4. The molecular formula is C23H28N2O5. The van der Waals surface area contributed by atoms with Crippen LogP contribution in [0.25, 0.3) is 0 Å². The molecular weight excluding hydrogens is 384 g/mol. The predicted octanol–water partition coefficient (Wildman–Crippen LogP) is 3.14. The van der Waals surface area contributed by atoms with E-state index in [0.29, 0.717) is 6.42 Å². The maximum absolute atomic E-state index is 12.8. The number of carboxylic acid groups (broad SMARTS) is 1. The minimum atomic E-state index is -1.14. The van der Waals surface area contributed by atoms with Crippen molar-refractivity contribution in [3.05, 3.63) is 71.8 Å². The molecule has 160 valence electrons. The number of carbonyl (C=O) groups is 3.